The summed E-state index contributed by atoms with van der Waals surface area (Å²) in [6.07, 6.45) is 0. The maximum absolute atomic E-state index is 12.6. The summed E-state index contributed by atoms with van der Waals surface area (Å²) < 4.78 is 26.9. The van der Waals surface area contributed by atoms with Gasteiger partial charge < -0.3 is 5.32 Å². The number of hydrogen-bond donors (Lipinski definition) is 1. The number of piperazine rings is 1. The van der Waals surface area contributed by atoms with Crippen molar-refractivity contribution in [1.82, 2.24) is 9.21 Å². The standard InChI is InChI=1S/C17H20N4O5S2/c1-13(17(22)18-14-4-2-5-15(12-14)21(23)24)19-7-9-20(10-8-19)28(25,26)16-6-3-11-27-16/h2-6,11-13H,7-10H2,1H3,(H,18,22)/t13-/m1/s1. The molecule has 150 valence electrons. The lowest BCUT2D eigenvalue weighted by Crippen LogP contribution is -2.53. The average Bonchev–Trinajstić information content (AvgIpc) is 3.23. The van der Waals surface area contributed by atoms with Crippen molar-refractivity contribution in [3.8, 4) is 0 Å². The van der Waals surface area contributed by atoms with Crippen molar-refractivity contribution in [2.24, 2.45) is 0 Å². The lowest BCUT2D eigenvalue weighted by atomic mass is 10.2. The highest BCUT2D eigenvalue weighted by molar-refractivity contribution is 7.91. The minimum absolute atomic E-state index is 0.0992. The van der Waals surface area contributed by atoms with Gasteiger partial charge in [-0.15, -0.1) is 11.3 Å². The van der Waals surface area contributed by atoms with E-state index in [0.29, 0.717) is 36.1 Å². The van der Waals surface area contributed by atoms with Crippen LogP contribution in [0.1, 0.15) is 6.92 Å². The molecule has 0 aliphatic carbocycles. The number of rotatable bonds is 6. The highest BCUT2D eigenvalue weighted by Gasteiger charge is 2.32. The van der Waals surface area contributed by atoms with E-state index in [1.165, 1.54) is 33.8 Å². The highest BCUT2D eigenvalue weighted by atomic mass is 32.2. The van der Waals surface area contributed by atoms with E-state index in [0.717, 1.165) is 0 Å². The molecule has 1 aromatic heterocycles. The number of non-ortho nitro benzene ring substituents is 1. The van der Waals surface area contributed by atoms with Crippen molar-refractivity contribution in [3.05, 3.63) is 51.9 Å². The Labute approximate surface area is 166 Å². The predicted octanol–water partition coefficient (Wildman–Crippen LogP) is 1.99. The molecule has 9 nitrogen and oxygen atoms in total. The monoisotopic (exact) mass is 424 g/mol. The molecule has 2 heterocycles. The van der Waals surface area contributed by atoms with E-state index in [2.05, 4.69) is 5.32 Å². The van der Waals surface area contributed by atoms with E-state index in [1.807, 2.05) is 4.90 Å². The van der Waals surface area contributed by atoms with E-state index in [9.17, 15) is 23.3 Å². The average molecular weight is 425 g/mol. The number of nitrogens with zero attached hydrogens (tertiary/aromatic N) is 3. The summed E-state index contributed by atoms with van der Waals surface area (Å²) in [5.41, 5.74) is 0.253. The van der Waals surface area contributed by atoms with Crippen molar-refractivity contribution in [2.45, 2.75) is 17.2 Å². The van der Waals surface area contributed by atoms with Gasteiger partial charge in [-0.1, -0.05) is 12.1 Å². The summed E-state index contributed by atoms with van der Waals surface area (Å²) in [5, 5.41) is 15.3. The van der Waals surface area contributed by atoms with Gasteiger partial charge in [0.05, 0.1) is 11.0 Å². The number of thiophene rings is 1. The van der Waals surface area contributed by atoms with Gasteiger partial charge in [0.2, 0.25) is 5.91 Å². The zero-order valence-electron chi connectivity index (χ0n) is 15.1. The van der Waals surface area contributed by atoms with E-state index in [-0.39, 0.29) is 11.6 Å². The van der Waals surface area contributed by atoms with Crippen molar-refractivity contribution in [3.63, 3.8) is 0 Å². The third kappa shape index (κ3) is 4.38. The summed E-state index contributed by atoms with van der Waals surface area (Å²) >= 11 is 1.18. The van der Waals surface area contributed by atoms with Gasteiger partial charge in [0, 0.05) is 44.0 Å². The molecule has 0 unspecified atom stereocenters. The van der Waals surface area contributed by atoms with Crippen molar-refractivity contribution in [2.75, 3.05) is 31.5 Å². The normalized spacial score (nSPS) is 17.2. The highest BCUT2D eigenvalue weighted by Crippen LogP contribution is 2.23. The Morgan fingerprint density at radius 2 is 1.93 bits per heavy atom. The minimum atomic E-state index is -3.49. The summed E-state index contributed by atoms with van der Waals surface area (Å²) in [4.78, 5) is 24.7. The molecule has 0 spiro atoms. The van der Waals surface area contributed by atoms with Gasteiger partial charge in [-0.05, 0) is 24.4 Å². The first-order chi connectivity index (χ1) is 13.3. The predicted molar refractivity (Wildman–Crippen MR) is 106 cm³/mol. The van der Waals surface area contributed by atoms with Gasteiger partial charge in [-0.2, -0.15) is 4.31 Å². The number of hydrogen-bond acceptors (Lipinski definition) is 7. The lowest BCUT2D eigenvalue weighted by Gasteiger charge is -2.36. The fourth-order valence-corrected chi connectivity index (χ4v) is 5.55. The van der Waals surface area contributed by atoms with E-state index in [4.69, 9.17) is 0 Å². The van der Waals surface area contributed by atoms with Gasteiger partial charge in [0.25, 0.3) is 15.7 Å². The van der Waals surface area contributed by atoms with Crippen LogP contribution in [0.5, 0.6) is 0 Å². The van der Waals surface area contributed by atoms with Crippen LogP contribution in [0.25, 0.3) is 0 Å². The smallest absolute Gasteiger partial charge is 0.271 e. The molecule has 1 fully saturated rings. The van der Waals surface area contributed by atoms with E-state index >= 15 is 0 Å². The summed E-state index contributed by atoms with van der Waals surface area (Å²) in [6.45, 7) is 3.18. The maximum atomic E-state index is 12.6. The molecule has 2 aromatic rings. The molecular formula is C17H20N4O5S2. The third-order valence-corrected chi connectivity index (χ3v) is 7.89. The molecule has 1 aromatic carbocycles. The number of sulfonamides is 1. The molecule has 0 radical (unpaired) electrons. The number of nitro benzene ring substituents is 1. The molecule has 0 bridgehead atoms. The van der Waals surface area contributed by atoms with Gasteiger partial charge in [-0.3, -0.25) is 19.8 Å². The van der Waals surface area contributed by atoms with Crippen LogP contribution in [-0.4, -0.2) is 60.7 Å². The third-order valence-electron chi connectivity index (χ3n) is 4.61. The zero-order chi connectivity index (χ0) is 20.3. The second-order valence-electron chi connectivity index (χ2n) is 6.34. The van der Waals surface area contributed by atoms with Gasteiger partial charge in [0.15, 0.2) is 0 Å². The number of amides is 1. The van der Waals surface area contributed by atoms with Crippen molar-refractivity contribution in [1.29, 1.82) is 0 Å². The van der Waals surface area contributed by atoms with Crippen LogP contribution in [0, 0.1) is 10.1 Å². The van der Waals surface area contributed by atoms with E-state index in [1.54, 1.807) is 30.5 Å². The molecule has 1 aliphatic rings. The van der Waals surface area contributed by atoms with Crippen LogP contribution in [-0.2, 0) is 14.8 Å². The topological polar surface area (TPSA) is 113 Å². The van der Waals surface area contributed by atoms with Gasteiger partial charge in [0.1, 0.15) is 4.21 Å². The van der Waals surface area contributed by atoms with Crippen LogP contribution in [0.15, 0.2) is 46.0 Å². The molecule has 1 amide bonds. The Kier molecular flexibility index (Phi) is 6.08. The number of anilines is 1. The Morgan fingerprint density at radius 1 is 1.21 bits per heavy atom. The molecular weight excluding hydrogens is 404 g/mol. The summed E-state index contributed by atoms with van der Waals surface area (Å²) in [7, 11) is -3.49. The number of nitrogens with one attached hydrogen (secondary N) is 1. The molecule has 1 saturated heterocycles. The minimum Gasteiger partial charge on any atom is -0.324 e. The fraction of sp³-hybridized carbons (Fsp3) is 0.353. The van der Waals surface area contributed by atoms with Crippen LogP contribution >= 0.6 is 11.3 Å². The largest absolute Gasteiger partial charge is 0.324 e. The van der Waals surface area contributed by atoms with Gasteiger partial charge in [-0.25, -0.2) is 8.42 Å². The first-order valence-electron chi connectivity index (χ1n) is 8.62. The SMILES string of the molecule is C[C@H](C(=O)Nc1cccc([N+](=O)[O-])c1)N1CCN(S(=O)(=O)c2cccs2)CC1. The fourth-order valence-electron chi connectivity index (χ4n) is 2.98. The number of carbonyl (C=O) groups is 1. The lowest BCUT2D eigenvalue weighted by molar-refractivity contribution is -0.384. The van der Waals surface area contributed by atoms with Crippen molar-refractivity contribution < 1.29 is 18.1 Å². The van der Waals surface area contributed by atoms with Crippen LogP contribution in [0.3, 0.4) is 0 Å². The van der Waals surface area contributed by atoms with Crippen LogP contribution < -0.4 is 5.32 Å². The first kappa shape index (κ1) is 20.4. The Balaban J connectivity index is 1.59. The molecule has 0 saturated carbocycles. The quantitative estimate of drug-likeness (QED) is 0.560. The number of nitro groups is 1. The molecule has 28 heavy (non-hydrogen) atoms. The van der Waals surface area contributed by atoms with Crippen molar-refractivity contribution >= 4 is 38.6 Å². The second kappa shape index (κ2) is 8.35. The Morgan fingerprint density at radius 3 is 2.54 bits per heavy atom. The Hall–Kier alpha value is -2.34. The number of benzene rings is 1. The summed E-state index contributed by atoms with van der Waals surface area (Å²) in [6, 6.07) is 8.54. The maximum Gasteiger partial charge on any atom is 0.271 e. The van der Waals surface area contributed by atoms with Crippen LogP contribution in [0.4, 0.5) is 11.4 Å². The zero-order valence-corrected chi connectivity index (χ0v) is 16.8. The van der Waals surface area contributed by atoms with E-state index < -0.39 is 21.0 Å². The molecule has 1 atom stereocenters. The molecule has 3 rings (SSSR count). The molecule has 1 aliphatic heterocycles. The first-order valence-corrected chi connectivity index (χ1v) is 10.9. The molecule has 11 heteroatoms. The second-order valence-corrected chi connectivity index (χ2v) is 9.46. The van der Waals surface area contributed by atoms with Gasteiger partial charge >= 0.3 is 0 Å². The summed E-state index contributed by atoms with van der Waals surface area (Å²) in [5.74, 6) is -0.296. The Bertz CT molecular complexity index is 954. The van der Waals surface area contributed by atoms with Crippen LogP contribution in [0.2, 0.25) is 0 Å². The number of carbonyl (C=O) groups excluding carboxylic acids is 1. The molecule has 1 N–H and O–H groups in total.